The molecule has 0 aromatic carbocycles. The van der Waals surface area contributed by atoms with E-state index in [2.05, 4.69) is 10.1 Å². The first-order valence-electron chi connectivity index (χ1n) is 3.55. The standard InChI is InChI=1S/C7H9NO4S/c1-12-7(11)5-2-8-4(3-13-5)6(9)10/h2,4,8H,3H2,1H3,(H,9,10). The fraction of sp³-hybridized carbons (Fsp3) is 0.429. The molecule has 0 aromatic rings. The van der Waals surface area contributed by atoms with Crippen LogP contribution in [0.15, 0.2) is 11.1 Å². The number of rotatable bonds is 2. The van der Waals surface area contributed by atoms with Gasteiger partial charge in [0.05, 0.1) is 7.11 Å². The van der Waals surface area contributed by atoms with Gasteiger partial charge in [0.1, 0.15) is 10.9 Å². The lowest BCUT2D eigenvalue weighted by molar-refractivity contribution is -0.139. The predicted octanol–water partition coefficient (Wildman–Crippen LogP) is -0.210. The second kappa shape index (κ2) is 4.18. The van der Waals surface area contributed by atoms with E-state index in [-0.39, 0.29) is 0 Å². The number of hydrogen-bond acceptors (Lipinski definition) is 5. The minimum Gasteiger partial charge on any atom is -0.480 e. The summed E-state index contributed by atoms with van der Waals surface area (Å²) in [7, 11) is 1.28. The number of thioether (sulfide) groups is 1. The molecular formula is C7H9NO4S. The molecule has 2 N–H and O–H groups in total. The number of ether oxygens (including phenoxy) is 1. The smallest absolute Gasteiger partial charge is 0.345 e. The minimum atomic E-state index is -0.923. The highest BCUT2D eigenvalue weighted by Gasteiger charge is 2.23. The summed E-state index contributed by atoms with van der Waals surface area (Å²) in [4.78, 5) is 21.8. The van der Waals surface area contributed by atoms with E-state index >= 15 is 0 Å². The van der Waals surface area contributed by atoms with Gasteiger partial charge < -0.3 is 15.2 Å². The first-order chi connectivity index (χ1) is 6.15. The maximum Gasteiger partial charge on any atom is 0.345 e. The van der Waals surface area contributed by atoms with Gasteiger partial charge >= 0.3 is 11.9 Å². The van der Waals surface area contributed by atoms with Gasteiger partial charge in [0.2, 0.25) is 0 Å². The minimum absolute atomic E-state index is 0.330. The molecular weight excluding hydrogens is 194 g/mol. The number of esters is 1. The molecule has 0 saturated carbocycles. The highest BCUT2D eigenvalue weighted by atomic mass is 32.2. The molecule has 0 amide bonds. The zero-order valence-electron chi connectivity index (χ0n) is 6.94. The summed E-state index contributed by atoms with van der Waals surface area (Å²) in [6, 6.07) is -0.626. The van der Waals surface area contributed by atoms with Gasteiger partial charge in [0, 0.05) is 12.0 Å². The average molecular weight is 203 g/mol. The van der Waals surface area contributed by atoms with Crippen LogP contribution in [-0.2, 0) is 14.3 Å². The summed E-state index contributed by atoms with van der Waals surface area (Å²) < 4.78 is 4.47. The lowest BCUT2D eigenvalue weighted by Crippen LogP contribution is -2.38. The van der Waals surface area contributed by atoms with Crippen LogP contribution < -0.4 is 5.32 Å². The Hall–Kier alpha value is -1.17. The molecule has 13 heavy (non-hydrogen) atoms. The van der Waals surface area contributed by atoms with E-state index in [4.69, 9.17) is 5.11 Å². The van der Waals surface area contributed by atoms with Gasteiger partial charge in [0.25, 0.3) is 0 Å². The molecule has 0 aliphatic carbocycles. The molecule has 0 saturated heterocycles. The van der Waals surface area contributed by atoms with Crippen LogP contribution in [-0.4, -0.2) is 35.9 Å². The Labute approximate surface area is 79.1 Å². The van der Waals surface area contributed by atoms with Crippen LogP contribution in [0.5, 0.6) is 0 Å². The molecule has 1 aliphatic heterocycles. The van der Waals surface area contributed by atoms with E-state index in [1.165, 1.54) is 25.1 Å². The average Bonchev–Trinajstić information content (AvgIpc) is 2.17. The largest absolute Gasteiger partial charge is 0.480 e. The highest BCUT2D eigenvalue weighted by molar-refractivity contribution is 8.04. The van der Waals surface area contributed by atoms with Gasteiger partial charge in [-0.3, -0.25) is 0 Å². The van der Waals surface area contributed by atoms with Crippen molar-refractivity contribution in [3.63, 3.8) is 0 Å². The second-order valence-electron chi connectivity index (χ2n) is 2.37. The van der Waals surface area contributed by atoms with Crippen LogP contribution in [0.2, 0.25) is 0 Å². The van der Waals surface area contributed by atoms with Crippen LogP contribution in [0.3, 0.4) is 0 Å². The maximum atomic E-state index is 10.9. The quantitative estimate of drug-likeness (QED) is 0.605. The van der Waals surface area contributed by atoms with Crippen molar-refractivity contribution in [2.75, 3.05) is 12.9 Å². The SMILES string of the molecule is COC(=O)C1=CNC(C(=O)O)CS1. The lowest BCUT2D eigenvalue weighted by Gasteiger charge is -2.18. The van der Waals surface area contributed by atoms with Gasteiger partial charge in [0.15, 0.2) is 0 Å². The topological polar surface area (TPSA) is 75.6 Å². The summed E-state index contributed by atoms with van der Waals surface area (Å²) >= 11 is 1.18. The van der Waals surface area contributed by atoms with Crippen LogP contribution in [0, 0.1) is 0 Å². The van der Waals surface area contributed by atoms with Crippen molar-refractivity contribution in [1.82, 2.24) is 5.32 Å². The fourth-order valence-electron chi connectivity index (χ4n) is 0.800. The summed E-state index contributed by atoms with van der Waals surface area (Å²) in [6.07, 6.45) is 1.37. The van der Waals surface area contributed by atoms with E-state index in [9.17, 15) is 9.59 Å². The third kappa shape index (κ3) is 2.38. The van der Waals surface area contributed by atoms with Crippen LogP contribution in [0.4, 0.5) is 0 Å². The summed E-state index contributed by atoms with van der Waals surface area (Å²) in [5.41, 5.74) is 0. The number of carbonyl (C=O) groups excluding carboxylic acids is 1. The predicted molar refractivity (Wildman–Crippen MR) is 47.1 cm³/mol. The van der Waals surface area contributed by atoms with Crippen molar-refractivity contribution in [2.24, 2.45) is 0 Å². The summed E-state index contributed by atoms with van der Waals surface area (Å²) in [5.74, 6) is -1.04. The molecule has 1 heterocycles. The van der Waals surface area contributed by atoms with Crippen molar-refractivity contribution < 1.29 is 19.4 Å². The molecule has 5 nitrogen and oxygen atoms in total. The molecule has 0 fully saturated rings. The molecule has 72 valence electrons. The van der Waals surface area contributed by atoms with Gasteiger partial charge in [-0.1, -0.05) is 0 Å². The first kappa shape index (κ1) is 9.91. The van der Waals surface area contributed by atoms with Crippen molar-refractivity contribution in [1.29, 1.82) is 0 Å². The van der Waals surface area contributed by atoms with Crippen LogP contribution >= 0.6 is 11.8 Å². The van der Waals surface area contributed by atoms with Gasteiger partial charge in [-0.05, 0) is 0 Å². The Kier molecular flexibility index (Phi) is 3.18. The van der Waals surface area contributed by atoms with E-state index in [0.717, 1.165) is 0 Å². The third-order valence-electron chi connectivity index (χ3n) is 1.51. The molecule has 6 heteroatoms. The third-order valence-corrected chi connectivity index (χ3v) is 2.60. The van der Waals surface area contributed by atoms with E-state index in [0.29, 0.717) is 10.7 Å². The Morgan fingerprint density at radius 2 is 2.46 bits per heavy atom. The summed E-state index contributed by atoms with van der Waals surface area (Å²) in [5, 5.41) is 11.2. The molecule has 0 radical (unpaired) electrons. The first-order valence-corrected chi connectivity index (χ1v) is 4.54. The van der Waals surface area contributed by atoms with Crippen molar-refractivity contribution in [3.05, 3.63) is 11.1 Å². The zero-order chi connectivity index (χ0) is 9.84. The molecule has 1 atom stereocenters. The highest BCUT2D eigenvalue weighted by Crippen LogP contribution is 2.21. The fourth-order valence-corrected chi connectivity index (χ4v) is 1.74. The van der Waals surface area contributed by atoms with E-state index in [1.54, 1.807) is 0 Å². The molecule has 0 spiro atoms. The number of methoxy groups -OCH3 is 1. The number of aliphatic carboxylic acids is 1. The Bertz CT molecular complexity index is 263. The molecule has 1 aliphatic rings. The van der Waals surface area contributed by atoms with E-state index < -0.39 is 18.0 Å². The van der Waals surface area contributed by atoms with Crippen LogP contribution in [0.1, 0.15) is 0 Å². The molecule has 0 aromatic heterocycles. The second-order valence-corrected chi connectivity index (χ2v) is 3.43. The Morgan fingerprint density at radius 3 is 2.85 bits per heavy atom. The molecule has 0 bridgehead atoms. The number of carboxylic acid groups (broad SMARTS) is 1. The monoisotopic (exact) mass is 203 g/mol. The molecule has 1 rings (SSSR count). The molecule has 1 unspecified atom stereocenters. The normalized spacial score (nSPS) is 21.3. The van der Waals surface area contributed by atoms with Crippen LogP contribution in [0.25, 0.3) is 0 Å². The van der Waals surface area contributed by atoms with Gasteiger partial charge in [-0.2, -0.15) is 0 Å². The lowest BCUT2D eigenvalue weighted by atomic mass is 10.3. The van der Waals surface area contributed by atoms with Crippen molar-refractivity contribution in [3.8, 4) is 0 Å². The van der Waals surface area contributed by atoms with Gasteiger partial charge in [-0.15, -0.1) is 11.8 Å². The number of carbonyl (C=O) groups is 2. The Morgan fingerprint density at radius 1 is 1.77 bits per heavy atom. The number of hydrogen-bond donors (Lipinski definition) is 2. The van der Waals surface area contributed by atoms with E-state index in [1.807, 2.05) is 0 Å². The van der Waals surface area contributed by atoms with Gasteiger partial charge in [-0.25, -0.2) is 9.59 Å². The number of carboxylic acids is 1. The Balaban J connectivity index is 2.57. The number of nitrogens with one attached hydrogen (secondary N) is 1. The maximum absolute atomic E-state index is 10.9. The zero-order valence-corrected chi connectivity index (χ0v) is 7.76. The van der Waals surface area contributed by atoms with Crippen molar-refractivity contribution >= 4 is 23.7 Å². The summed E-state index contributed by atoms with van der Waals surface area (Å²) in [6.45, 7) is 0. The van der Waals surface area contributed by atoms with Crippen molar-refractivity contribution in [2.45, 2.75) is 6.04 Å².